The van der Waals surface area contributed by atoms with Gasteiger partial charge in [-0.15, -0.1) is 0 Å². The molecule has 0 aliphatic heterocycles. The number of rotatable bonds is 12. The summed E-state index contributed by atoms with van der Waals surface area (Å²) in [6, 6.07) is 17.8. The van der Waals surface area contributed by atoms with Crippen molar-refractivity contribution in [3.63, 3.8) is 0 Å². The Morgan fingerprint density at radius 3 is 2.17 bits per heavy atom. The molecule has 0 fully saturated rings. The van der Waals surface area contributed by atoms with E-state index in [1.165, 1.54) is 23.1 Å². The molecule has 0 unspecified atom stereocenters. The van der Waals surface area contributed by atoms with E-state index < -0.39 is 46.2 Å². The molecule has 0 saturated carbocycles. The number of aryl methyl sites for hydroxylation is 1. The van der Waals surface area contributed by atoms with Gasteiger partial charge in [0.1, 0.15) is 12.6 Å². The molecular formula is C31H36F3N3O4S. The molecule has 0 aliphatic carbocycles. The molecule has 0 heterocycles. The van der Waals surface area contributed by atoms with Gasteiger partial charge in [-0.05, 0) is 69.5 Å². The summed E-state index contributed by atoms with van der Waals surface area (Å²) in [7, 11) is -4.48. The number of hydrogen-bond acceptors (Lipinski definition) is 4. The van der Waals surface area contributed by atoms with Gasteiger partial charge in [0.25, 0.3) is 10.0 Å². The fraction of sp³-hybridized carbons (Fsp3) is 0.355. The highest BCUT2D eigenvalue weighted by molar-refractivity contribution is 7.92. The van der Waals surface area contributed by atoms with E-state index in [0.717, 1.165) is 23.3 Å². The molecule has 0 spiro atoms. The van der Waals surface area contributed by atoms with Crippen LogP contribution >= 0.6 is 0 Å². The van der Waals surface area contributed by atoms with Gasteiger partial charge in [0.15, 0.2) is 0 Å². The number of benzene rings is 3. The van der Waals surface area contributed by atoms with Gasteiger partial charge < -0.3 is 10.2 Å². The fourth-order valence-corrected chi connectivity index (χ4v) is 5.65. The quantitative estimate of drug-likeness (QED) is 0.293. The molecule has 3 aromatic rings. The molecule has 226 valence electrons. The van der Waals surface area contributed by atoms with Gasteiger partial charge >= 0.3 is 6.18 Å². The van der Waals surface area contributed by atoms with E-state index in [4.69, 9.17) is 0 Å². The van der Waals surface area contributed by atoms with Crippen LogP contribution in [0.2, 0.25) is 0 Å². The van der Waals surface area contributed by atoms with Gasteiger partial charge in [0.2, 0.25) is 11.8 Å². The first-order chi connectivity index (χ1) is 19.7. The summed E-state index contributed by atoms with van der Waals surface area (Å²) in [5.41, 5.74) is 0.299. The molecular weight excluding hydrogens is 567 g/mol. The van der Waals surface area contributed by atoms with Crippen LogP contribution in [0.5, 0.6) is 0 Å². The van der Waals surface area contributed by atoms with Crippen LogP contribution in [0.4, 0.5) is 18.9 Å². The Bertz CT molecular complexity index is 1460. The SMILES string of the molecule is CC[C@H](C)NC(=O)[C@@H](C)N(CCc1ccccc1)C(=O)CN(c1cccc(C(F)(F)F)c1)S(=O)(=O)c1ccc(C)cc1. The van der Waals surface area contributed by atoms with Gasteiger partial charge in [0.05, 0.1) is 16.1 Å². The van der Waals surface area contributed by atoms with Crippen LogP contribution in [0.3, 0.4) is 0 Å². The number of hydrogen-bond donors (Lipinski definition) is 1. The van der Waals surface area contributed by atoms with Crippen molar-refractivity contribution in [1.29, 1.82) is 0 Å². The summed E-state index contributed by atoms with van der Waals surface area (Å²) >= 11 is 0. The molecule has 11 heteroatoms. The molecule has 0 aromatic heterocycles. The third-order valence-corrected chi connectivity index (χ3v) is 8.79. The summed E-state index contributed by atoms with van der Waals surface area (Å²) in [6.07, 6.45) is -3.69. The van der Waals surface area contributed by atoms with Crippen molar-refractivity contribution >= 4 is 27.5 Å². The number of carbonyl (C=O) groups excluding carboxylic acids is 2. The van der Waals surface area contributed by atoms with Crippen molar-refractivity contribution in [2.75, 3.05) is 17.4 Å². The van der Waals surface area contributed by atoms with Crippen LogP contribution in [-0.4, -0.2) is 50.3 Å². The van der Waals surface area contributed by atoms with Crippen molar-refractivity contribution in [3.05, 3.63) is 95.6 Å². The van der Waals surface area contributed by atoms with Crippen LogP contribution in [0.25, 0.3) is 0 Å². The standard InChI is InChI=1S/C31H36F3N3O4S/c1-5-23(3)35-30(39)24(4)36(19-18-25-10-7-6-8-11-25)29(38)21-37(27-13-9-12-26(20-27)31(32,33)34)42(40,41)28-16-14-22(2)15-17-28/h6-17,20,23-24H,5,18-19,21H2,1-4H3,(H,35,39)/t23-,24+/m0/s1. The minimum Gasteiger partial charge on any atom is -0.352 e. The lowest BCUT2D eigenvalue weighted by molar-refractivity contribution is -0.139. The van der Waals surface area contributed by atoms with Crippen molar-refractivity contribution in [2.45, 2.75) is 63.7 Å². The number of sulfonamides is 1. The molecule has 3 rings (SSSR count). The van der Waals surface area contributed by atoms with Crippen LogP contribution in [-0.2, 0) is 32.2 Å². The Morgan fingerprint density at radius 2 is 1.57 bits per heavy atom. The van der Waals surface area contributed by atoms with E-state index in [0.29, 0.717) is 23.2 Å². The molecule has 0 radical (unpaired) electrons. The summed E-state index contributed by atoms with van der Waals surface area (Å²) in [4.78, 5) is 28.0. The first kappa shape index (κ1) is 32.7. The molecule has 7 nitrogen and oxygen atoms in total. The Morgan fingerprint density at radius 1 is 0.929 bits per heavy atom. The number of nitrogens with one attached hydrogen (secondary N) is 1. The van der Waals surface area contributed by atoms with E-state index in [9.17, 15) is 31.2 Å². The van der Waals surface area contributed by atoms with Crippen molar-refractivity contribution < 1.29 is 31.2 Å². The average molecular weight is 604 g/mol. The van der Waals surface area contributed by atoms with E-state index >= 15 is 0 Å². The van der Waals surface area contributed by atoms with E-state index in [1.54, 1.807) is 26.0 Å². The van der Waals surface area contributed by atoms with Gasteiger partial charge in [-0.25, -0.2) is 8.42 Å². The van der Waals surface area contributed by atoms with E-state index in [2.05, 4.69) is 5.32 Å². The van der Waals surface area contributed by atoms with Gasteiger partial charge in [-0.3, -0.25) is 13.9 Å². The zero-order chi connectivity index (χ0) is 31.1. The second-order valence-corrected chi connectivity index (χ2v) is 12.1. The maximum absolute atomic E-state index is 13.9. The molecule has 0 saturated heterocycles. The smallest absolute Gasteiger partial charge is 0.352 e. The Balaban J connectivity index is 2.04. The Labute approximate surface area is 245 Å². The lowest BCUT2D eigenvalue weighted by atomic mass is 10.1. The maximum atomic E-state index is 13.9. The first-order valence-electron chi connectivity index (χ1n) is 13.6. The second kappa shape index (κ2) is 13.9. The predicted octanol–water partition coefficient (Wildman–Crippen LogP) is 5.58. The maximum Gasteiger partial charge on any atom is 0.416 e. The number of amides is 2. The van der Waals surface area contributed by atoms with Crippen LogP contribution in [0, 0.1) is 6.92 Å². The molecule has 3 aromatic carbocycles. The highest BCUT2D eigenvalue weighted by Gasteiger charge is 2.35. The monoisotopic (exact) mass is 603 g/mol. The zero-order valence-electron chi connectivity index (χ0n) is 24.1. The largest absolute Gasteiger partial charge is 0.416 e. The van der Waals surface area contributed by atoms with E-state index in [1.807, 2.05) is 44.2 Å². The Hall–Kier alpha value is -3.86. The fourth-order valence-electron chi connectivity index (χ4n) is 4.24. The lowest BCUT2D eigenvalue weighted by Gasteiger charge is -2.32. The number of carbonyl (C=O) groups is 2. The third kappa shape index (κ3) is 8.34. The van der Waals surface area contributed by atoms with Crippen LogP contribution in [0.15, 0.2) is 83.8 Å². The summed E-state index contributed by atoms with van der Waals surface area (Å²) in [5, 5.41) is 2.84. The number of anilines is 1. The number of halogens is 3. The summed E-state index contributed by atoms with van der Waals surface area (Å²) in [5.74, 6) is -1.15. The molecule has 2 amide bonds. The van der Waals surface area contributed by atoms with Gasteiger partial charge in [-0.2, -0.15) is 13.2 Å². The first-order valence-corrected chi connectivity index (χ1v) is 15.1. The highest BCUT2D eigenvalue weighted by Crippen LogP contribution is 2.33. The zero-order valence-corrected chi connectivity index (χ0v) is 24.9. The summed E-state index contributed by atoms with van der Waals surface area (Å²) in [6.45, 7) is 6.30. The van der Waals surface area contributed by atoms with Crippen molar-refractivity contribution in [2.24, 2.45) is 0 Å². The normalized spacial score (nSPS) is 13.2. The molecule has 2 atom stereocenters. The molecule has 42 heavy (non-hydrogen) atoms. The van der Waals surface area contributed by atoms with Crippen molar-refractivity contribution in [1.82, 2.24) is 10.2 Å². The highest BCUT2D eigenvalue weighted by atomic mass is 32.2. The van der Waals surface area contributed by atoms with E-state index in [-0.39, 0.29) is 23.2 Å². The molecule has 0 bridgehead atoms. The average Bonchev–Trinajstić information content (AvgIpc) is 2.96. The molecule has 0 aliphatic rings. The van der Waals surface area contributed by atoms with Gasteiger partial charge in [-0.1, -0.05) is 61.0 Å². The van der Waals surface area contributed by atoms with Crippen LogP contribution in [0.1, 0.15) is 43.9 Å². The molecule has 1 N–H and O–H groups in total. The third-order valence-electron chi connectivity index (χ3n) is 7.00. The number of nitrogens with zero attached hydrogens (tertiary/aromatic N) is 2. The minimum atomic E-state index is -4.73. The minimum absolute atomic E-state index is 0.0823. The Kier molecular flexibility index (Phi) is 10.8. The van der Waals surface area contributed by atoms with Crippen LogP contribution < -0.4 is 9.62 Å². The number of alkyl halides is 3. The van der Waals surface area contributed by atoms with Gasteiger partial charge in [0, 0.05) is 12.6 Å². The predicted molar refractivity (Wildman–Crippen MR) is 156 cm³/mol. The summed E-state index contributed by atoms with van der Waals surface area (Å²) < 4.78 is 69.1. The lowest BCUT2D eigenvalue weighted by Crippen LogP contribution is -2.53. The second-order valence-electron chi connectivity index (χ2n) is 10.2. The topological polar surface area (TPSA) is 86.8 Å². The van der Waals surface area contributed by atoms with Crippen molar-refractivity contribution in [3.8, 4) is 0 Å².